The predicted octanol–water partition coefficient (Wildman–Crippen LogP) is 4.43. The molecule has 1 atom stereocenters. The van der Waals surface area contributed by atoms with E-state index < -0.39 is 0 Å². The van der Waals surface area contributed by atoms with Crippen LogP contribution in [0.4, 0.5) is 0 Å². The van der Waals surface area contributed by atoms with E-state index in [1.54, 1.807) is 0 Å². The Bertz CT molecular complexity index is 456. The first-order chi connectivity index (χ1) is 7.58. The van der Waals surface area contributed by atoms with Crippen molar-refractivity contribution in [3.05, 3.63) is 37.7 Å². The van der Waals surface area contributed by atoms with Crippen LogP contribution in [0.25, 0.3) is 0 Å². The molecule has 1 aliphatic heterocycles. The lowest BCUT2D eigenvalue weighted by atomic mass is 10.4. The number of rotatable bonds is 2. The Morgan fingerprint density at radius 1 is 1.12 bits per heavy atom. The molecule has 1 aromatic rings. The highest BCUT2D eigenvalue weighted by molar-refractivity contribution is 9.14. The molecule has 1 heterocycles. The Labute approximate surface area is 122 Å². The van der Waals surface area contributed by atoms with Crippen LogP contribution >= 0.6 is 59.6 Å². The van der Waals surface area contributed by atoms with Gasteiger partial charge in [-0.1, -0.05) is 27.7 Å². The van der Waals surface area contributed by atoms with E-state index in [4.69, 9.17) is 4.74 Å². The third-order valence-electron chi connectivity index (χ3n) is 1.87. The van der Waals surface area contributed by atoms with Gasteiger partial charge in [0, 0.05) is 9.37 Å². The van der Waals surface area contributed by atoms with E-state index in [0.29, 0.717) is 4.48 Å². The van der Waals surface area contributed by atoms with Crippen molar-refractivity contribution in [3.63, 3.8) is 0 Å². The second kappa shape index (κ2) is 5.25. The van der Waals surface area contributed by atoms with Crippen molar-refractivity contribution in [1.82, 2.24) is 0 Å². The van der Waals surface area contributed by atoms with Crippen LogP contribution in [0.5, 0.6) is 0 Å². The summed E-state index contributed by atoms with van der Waals surface area (Å²) in [4.78, 5) is 12.3. The van der Waals surface area contributed by atoms with E-state index in [1.165, 1.54) is 11.8 Å². The van der Waals surface area contributed by atoms with E-state index in [-0.39, 0.29) is 11.4 Å². The van der Waals surface area contributed by atoms with E-state index in [0.717, 1.165) is 13.9 Å². The van der Waals surface area contributed by atoms with Crippen LogP contribution in [0.2, 0.25) is 0 Å². The SMILES string of the molecule is O=C1OC(Sc2ccc(Br)cc2)C(Br)=C1Br. The first-order valence-electron chi connectivity index (χ1n) is 4.26. The van der Waals surface area contributed by atoms with Gasteiger partial charge in [-0.3, -0.25) is 0 Å². The zero-order valence-electron chi connectivity index (χ0n) is 7.75. The fraction of sp³-hybridized carbons (Fsp3) is 0.100. The average Bonchev–Trinajstić information content (AvgIpc) is 2.50. The normalized spacial score (nSPS) is 20.2. The van der Waals surface area contributed by atoms with Gasteiger partial charge in [-0.15, -0.1) is 0 Å². The summed E-state index contributed by atoms with van der Waals surface area (Å²) >= 11 is 11.4. The number of carbonyl (C=O) groups is 1. The summed E-state index contributed by atoms with van der Waals surface area (Å²) in [5.41, 5.74) is -0.303. The van der Waals surface area contributed by atoms with Gasteiger partial charge in [0.2, 0.25) is 0 Å². The van der Waals surface area contributed by atoms with Crippen LogP contribution in [0.15, 0.2) is 42.6 Å². The largest absolute Gasteiger partial charge is 0.441 e. The number of hydrogen-bond acceptors (Lipinski definition) is 3. The molecule has 84 valence electrons. The quantitative estimate of drug-likeness (QED) is 0.652. The standard InChI is InChI=1S/C10H5Br3O2S/c11-5-1-3-6(4-2-5)16-10-8(13)7(12)9(14)15-10/h1-4,10H. The zero-order chi connectivity index (χ0) is 11.7. The molecule has 0 N–H and O–H groups in total. The molecule has 0 aromatic heterocycles. The molecule has 0 fully saturated rings. The van der Waals surface area contributed by atoms with Gasteiger partial charge in [-0.2, -0.15) is 0 Å². The number of hydrogen-bond donors (Lipinski definition) is 0. The van der Waals surface area contributed by atoms with Gasteiger partial charge in [0.25, 0.3) is 0 Å². The minimum absolute atomic E-state index is 0.303. The third-order valence-corrected chi connectivity index (χ3v) is 5.88. The van der Waals surface area contributed by atoms with Crippen molar-refractivity contribution in [2.75, 3.05) is 0 Å². The molecule has 2 rings (SSSR count). The predicted molar refractivity (Wildman–Crippen MR) is 74.8 cm³/mol. The molecule has 0 aliphatic carbocycles. The van der Waals surface area contributed by atoms with Gasteiger partial charge in [0.1, 0.15) is 4.48 Å². The summed E-state index contributed by atoms with van der Waals surface area (Å²) in [7, 11) is 0. The number of thioether (sulfide) groups is 1. The van der Waals surface area contributed by atoms with E-state index in [9.17, 15) is 4.79 Å². The summed E-state index contributed by atoms with van der Waals surface area (Å²) in [5, 5.41) is 0. The zero-order valence-corrected chi connectivity index (χ0v) is 13.3. The first-order valence-corrected chi connectivity index (χ1v) is 7.52. The lowest BCUT2D eigenvalue weighted by Crippen LogP contribution is -2.04. The van der Waals surface area contributed by atoms with Crippen molar-refractivity contribution in [1.29, 1.82) is 0 Å². The second-order valence-electron chi connectivity index (χ2n) is 2.97. The number of ether oxygens (including phenoxy) is 1. The maximum atomic E-state index is 11.3. The molecule has 6 heteroatoms. The van der Waals surface area contributed by atoms with Crippen LogP contribution in [-0.4, -0.2) is 11.4 Å². The fourth-order valence-corrected chi connectivity index (χ4v) is 3.26. The van der Waals surface area contributed by atoms with Crippen LogP contribution in [0.1, 0.15) is 0 Å². The van der Waals surface area contributed by atoms with Gasteiger partial charge in [-0.05, 0) is 56.1 Å². The molecular formula is C10H5Br3O2S. The van der Waals surface area contributed by atoms with Crippen LogP contribution in [0, 0.1) is 0 Å². The molecule has 16 heavy (non-hydrogen) atoms. The summed E-state index contributed by atoms with van der Waals surface area (Å²) in [6.45, 7) is 0. The van der Waals surface area contributed by atoms with Crippen LogP contribution in [0.3, 0.4) is 0 Å². The van der Waals surface area contributed by atoms with Crippen LogP contribution < -0.4 is 0 Å². The van der Waals surface area contributed by atoms with Crippen molar-refractivity contribution in [2.45, 2.75) is 10.3 Å². The molecule has 1 aliphatic rings. The average molecular weight is 429 g/mol. The maximum absolute atomic E-state index is 11.3. The molecule has 1 unspecified atom stereocenters. The van der Waals surface area contributed by atoms with E-state index >= 15 is 0 Å². The monoisotopic (exact) mass is 426 g/mol. The Morgan fingerprint density at radius 3 is 2.25 bits per heavy atom. The number of esters is 1. The van der Waals surface area contributed by atoms with Crippen molar-refractivity contribution >= 4 is 65.5 Å². The molecule has 0 spiro atoms. The highest BCUT2D eigenvalue weighted by Gasteiger charge is 2.31. The van der Waals surface area contributed by atoms with Crippen molar-refractivity contribution < 1.29 is 9.53 Å². The minimum Gasteiger partial charge on any atom is -0.441 e. The van der Waals surface area contributed by atoms with Gasteiger partial charge in [-0.25, -0.2) is 4.79 Å². The number of benzene rings is 1. The molecule has 0 bridgehead atoms. The van der Waals surface area contributed by atoms with E-state index in [1.807, 2.05) is 24.3 Å². The number of carbonyl (C=O) groups excluding carboxylic acids is 1. The first kappa shape index (κ1) is 12.7. The fourth-order valence-electron chi connectivity index (χ4n) is 1.11. The topological polar surface area (TPSA) is 26.3 Å². The Kier molecular flexibility index (Phi) is 4.15. The third kappa shape index (κ3) is 2.72. The smallest absolute Gasteiger partial charge is 0.347 e. The number of halogens is 3. The lowest BCUT2D eigenvalue weighted by molar-refractivity contribution is -0.136. The summed E-state index contributed by atoms with van der Waals surface area (Å²) in [5.74, 6) is -0.332. The van der Waals surface area contributed by atoms with Crippen molar-refractivity contribution in [2.24, 2.45) is 0 Å². The highest BCUT2D eigenvalue weighted by atomic mass is 79.9. The summed E-state index contributed by atoms with van der Waals surface area (Å²) < 4.78 is 7.39. The second-order valence-corrected chi connectivity index (χ2v) is 6.67. The molecule has 2 nitrogen and oxygen atoms in total. The lowest BCUT2D eigenvalue weighted by Gasteiger charge is -2.09. The van der Waals surface area contributed by atoms with E-state index in [2.05, 4.69) is 47.8 Å². The molecule has 0 saturated carbocycles. The molecule has 1 aromatic carbocycles. The van der Waals surface area contributed by atoms with Gasteiger partial charge in [0.15, 0.2) is 5.44 Å². The van der Waals surface area contributed by atoms with Crippen molar-refractivity contribution in [3.8, 4) is 0 Å². The number of cyclic esters (lactones) is 1. The Hall–Kier alpha value is 0.220. The van der Waals surface area contributed by atoms with Crippen LogP contribution in [-0.2, 0) is 9.53 Å². The molecule has 0 saturated heterocycles. The summed E-state index contributed by atoms with van der Waals surface area (Å²) in [6.07, 6.45) is 0. The minimum atomic E-state index is -0.332. The highest BCUT2D eigenvalue weighted by Crippen LogP contribution is 2.40. The van der Waals surface area contributed by atoms with Gasteiger partial charge >= 0.3 is 5.97 Å². The maximum Gasteiger partial charge on any atom is 0.347 e. The van der Waals surface area contributed by atoms with Gasteiger partial charge < -0.3 is 4.74 Å². The molecule has 0 amide bonds. The molecular weight excluding hydrogens is 424 g/mol. The Morgan fingerprint density at radius 2 is 1.75 bits per heavy atom. The van der Waals surface area contributed by atoms with Gasteiger partial charge in [0.05, 0.1) is 4.48 Å². The Balaban J connectivity index is 2.12. The molecule has 0 radical (unpaired) electrons. The summed E-state index contributed by atoms with van der Waals surface area (Å²) in [6, 6.07) is 7.84.